The average Bonchev–Trinajstić information content (AvgIpc) is 2.67. The van der Waals surface area contributed by atoms with Gasteiger partial charge in [0.2, 0.25) is 0 Å². The van der Waals surface area contributed by atoms with E-state index in [4.69, 9.17) is 5.11 Å². The van der Waals surface area contributed by atoms with Crippen LogP contribution in [0.25, 0.3) is 0 Å². The largest absolute Gasteiger partial charge is 0.480 e. The lowest BCUT2D eigenvalue weighted by molar-refractivity contribution is -0.136. The van der Waals surface area contributed by atoms with E-state index < -0.39 is 5.97 Å². The van der Waals surface area contributed by atoms with Gasteiger partial charge in [0.1, 0.15) is 17.4 Å². The van der Waals surface area contributed by atoms with E-state index >= 15 is 0 Å². The Morgan fingerprint density at radius 2 is 2.38 bits per heavy atom. The van der Waals surface area contributed by atoms with E-state index in [1.807, 2.05) is 11.6 Å². The van der Waals surface area contributed by atoms with Gasteiger partial charge in [0.15, 0.2) is 0 Å². The second-order valence-electron chi connectivity index (χ2n) is 3.45. The van der Waals surface area contributed by atoms with Crippen molar-refractivity contribution in [3.05, 3.63) is 12.2 Å². The van der Waals surface area contributed by atoms with Gasteiger partial charge < -0.3 is 5.11 Å². The van der Waals surface area contributed by atoms with Gasteiger partial charge in [-0.2, -0.15) is 5.10 Å². The minimum absolute atomic E-state index is 0.355. The monoisotopic (exact) mass is 243 g/mol. The van der Waals surface area contributed by atoms with Gasteiger partial charge in [0, 0.05) is 6.54 Å². The van der Waals surface area contributed by atoms with Gasteiger partial charge in [-0.15, -0.1) is 11.8 Å². The molecule has 0 fully saturated rings. The number of carboxylic acid groups (broad SMARTS) is 1. The molecule has 90 valence electrons. The zero-order valence-electron chi connectivity index (χ0n) is 9.59. The first kappa shape index (κ1) is 13.0. The highest BCUT2D eigenvalue weighted by atomic mass is 32.2. The van der Waals surface area contributed by atoms with Crippen LogP contribution in [0.15, 0.2) is 6.33 Å². The third-order valence-corrected chi connectivity index (χ3v) is 3.55. The molecule has 0 aliphatic heterocycles. The molecule has 0 saturated carbocycles. The molecule has 1 aromatic heterocycles. The van der Waals surface area contributed by atoms with Crippen molar-refractivity contribution in [1.82, 2.24) is 14.8 Å². The van der Waals surface area contributed by atoms with E-state index in [2.05, 4.69) is 17.0 Å². The number of nitrogens with zero attached hydrogens (tertiary/aromatic N) is 3. The normalized spacial score (nSPS) is 12.6. The van der Waals surface area contributed by atoms with Gasteiger partial charge in [0.05, 0.1) is 5.75 Å². The highest BCUT2D eigenvalue weighted by molar-refractivity contribution is 7.99. The van der Waals surface area contributed by atoms with Gasteiger partial charge in [-0.1, -0.05) is 13.8 Å². The molecule has 0 aliphatic rings. The summed E-state index contributed by atoms with van der Waals surface area (Å²) in [6.45, 7) is 4.78. The van der Waals surface area contributed by atoms with Crippen LogP contribution in [0.3, 0.4) is 0 Å². The molecule has 0 bridgehead atoms. The zero-order chi connectivity index (χ0) is 12.0. The number of rotatable bonds is 7. The lowest BCUT2D eigenvalue weighted by Crippen LogP contribution is -2.16. The minimum Gasteiger partial charge on any atom is -0.480 e. The summed E-state index contributed by atoms with van der Waals surface area (Å²) in [5, 5.41) is 12.7. The Kier molecular flexibility index (Phi) is 5.31. The molecule has 0 aromatic carbocycles. The van der Waals surface area contributed by atoms with E-state index in [9.17, 15) is 4.79 Å². The highest BCUT2D eigenvalue weighted by Crippen LogP contribution is 2.19. The number of aryl methyl sites for hydroxylation is 1. The summed E-state index contributed by atoms with van der Waals surface area (Å²) in [4.78, 5) is 15.0. The summed E-state index contributed by atoms with van der Waals surface area (Å²) in [6.07, 6.45) is 3.15. The molecule has 5 nitrogen and oxygen atoms in total. The Morgan fingerprint density at radius 1 is 1.62 bits per heavy atom. The maximum atomic E-state index is 10.8. The molecule has 0 amide bonds. The average molecular weight is 243 g/mol. The SMILES string of the molecule is CCCn1ncnc1CSC(CC)C(=O)O. The number of aliphatic carboxylic acids is 1. The summed E-state index contributed by atoms with van der Waals surface area (Å²) < 4.78 is 1.83. The molecule has 1 rings (SSSR count). The van der Waals surface area contributed by atoms with Crippen molar-refractivity contribution in [2.24, 2.45) is 0 Å². The smallest absolute Gasteiger partial charge is 0.316 e. The Balaban J connectivity index is 2.52. The molecule has 1 heterocycles. The van der Waals surface area contributed by atoms with Crippen molar-refractivity contribution in [2.45, 2.75) is 44.2 Å². The first-order valence-corrected chi connectivity index (χ1v) is 6.45. The molecule has 0 radical (unpaired) electrons. The fourth-order valence-electron chi connectivity index (χ4n) is 1.34. The molecule has 1 N–H and O–H groups in total. The topological polar surface area (TPSA) is 68.0 Å². The molecule has 1 aromatic rings. The Morgan fingerprint density at radius 3 is 2.94 bits per heavy atom. The lowest BCUT2D eigenvalue weighted by Gasteiger charge is -2.09. The molecule has 16 heavy (non-hydrogen) atoms. The van der Waals surface area contributed by atoms with E-state index in [1.165, 1.54) is 18.1 Å². The molecular formula is C10H17N3O2S. The minimum atomic E-state index is -0.756. The number of thioether (sulfide) groups is 1. The number of carbonyl (C=O) groups is 1. The van der Waals surface area contributed by atoms with Crippen LogP contribution in [0.2, 0.25) is 0 Å². The van der Waals surface area contributed by atoms with Crippen molar-refractivity contribution in [1.29, 1.82) is 0 Å². The Labute approximate surface area is 99.3 Å². The summed E-state index contributed by atoms with van der Waals surface area (Å²) in [7, 11) is 0. The van der Waals surface area contributed by atoms with Gasteiger partial charge >= 0.3 is 5.97 Å². The summed E-state index contributed by atoms with van der Waals surface area (Å²) in [5.74, 6) is 0.700. The van der Waals surface area contributed by atoms with Crippen LogP contribution in [-0.2, 0) is 17.1 Å². The number of aromatic nitrogens is 3. The fourth-order valence-corrected chi connectivity index (χ4v) is 2.29. The fraction of sp³-hybridized carbons (Fsp3) is 0.700. The van der Waals surface area contributed by atoms with Gasteiger partial charge in [-0.25, -0.2) is 9.67 Å². The van der Waals surface area contributed by atoms with Gasteiger partial charge in [0.25, 0.3) is 0 Å². The summed E-state index contributed by atoms with van der Waals surface area (Å²) in [6, 6.07) is 0. The molecule has 1 atom stereocenters. The maximum Gasteiger partial charge on any atom is 0.316 e. The van der Waals surface area contributed by atoms with Crippen LogP contribution in [0, 0.1) is 0 Å². The van der Waals surface area contributed by atoms with Crippen LogP contribution in [-0.4, -0.2) is 31.1 Å². The number of hydrogen-bond acceptors (Lipinski definition) is 4. The van der Waals surface area contributed by atoms with Crippen molar-refractivity contribution >= 4 is 17.7 Å². The van der Waals surface area contributed by atoms with Crippen molar-refractivity contribution in [3.63, 3.8) is 0 Å². The van der Waals surface area contributed by atoms with Gasteiger partial charge in [-0.05, 0) is 12.8 Å². The standard InChI is InChI=1S/C10H17N3O2S/c1-3-5-13-9(11-7-12-13)6-16-8(4-2)10(14)15/h7-8H,3-6H2,1-2H3,(H,14,15). The lowest BCUT2D eigenvalue weighted by atomic mass is 10.3. The third-order valence-electron chi connectivity index (χ3n) is 2.19. The van der Waals surface area contributed by atoms with Crippen LogP contribution in [0.4, 0.5) is 0 Å². The molecule has 0 saturated heterocycles. The van der Waals surface area contributed by atoms with Crippen molar-refractivity contribution < 1.29 is 9.90 Å². The van der Waals surface area contributed by atoms with Crippen molar-refractivity contribution in [2.75, 3.05) is 0 Å². The van der Waals surface area contributed by atoms with Crippen molar-refractivity contribution in [3.8, 4) is 0 Å². The Hall–Kier alpha value is -1.04. The van der Waals surface area contributed by atoms with Crippen LogP contribution < -0.4 is 0 Å². The highest BCUT2D eigenvalue weighted by Gasteiger charge is 2.16. The predicted octanol–water partition coefficient (Wildman–Crippen LogP) is 1.78. The second kappa shape index (κ2) is 6.52. The summed E-state index contributed by atoms with van der Waals surface area (Å²) in [5.41, 5.74) is 0. The first-order chi connectivity index (χ1) is 7.69. The quantitative estimate of drug-likeness (QED) is 0.790. The van der Waals surface area contributed by atoms with Crippen LogP contribution in [0.1, 0.15) is 32.5 Å². The summed E-state index contributed by atoms with van der Waals surface area (Å²) >= 11 is 1.40. The third kappa shape index (κ3) is 3.52. The van der Waals surface area contributed by atoms with Crippen LogP contribution >= 0.6 is 11.8 Å². The Bertz CT molecular complexity index is 341. The second-order valence-corrected chi connectivity index (χ2v) is 4.64. The first-order valence-electron chi connectivity index (χ1n) is 5.40. The van der Waals surface area contributed by atoms with E-state index in [0.717, 1.165) is 18.8 Å². The van der Waals surface area contributed by atoms with E-state index in [-0.39, 0.29) is 5.25 Å². The number of carboxylic acids is 1. The zero-order valence-corrected chi connectivity index (χ0v) is 10.4. The van der Waals surface area contributed by atoms with E-state index in [1.54, 1.807) is 0 Å². The molecule has 0 spiro atoms. The predicted molar refractivity (Wildman–Crippen MR) is 63.3 cm³/mol. The van der Waals surface area contributed by atoms with Crippen LogP contribution in [0.5, 0.6) is 0 Å². The molecule has 1 unspecified atom stereocenters. The molecular weight excluding hydrogens is 226 g/mol. The van der Waals surface area contributed by atoms with Gasteiger partial charge in [-0.3, -0.25) is 4.79 Å². The molecule has 0 aliphatic carbocycles. The van der Waals surface area contributed by atoms with E-state index in [0.29, 0.717) is 12.2 Å². The maximum absolute atomic E-state index is 10.8. The number of hydrogen-bond donors (Lipinski definition) is 1. The molecule has 6 heteroatoms.